The SMILES string of the molecule is CCC(CC)Nc1cc(OC)cc(C)n1. The largest absolute Gasteiger partial charge is 0.497 e. The molecule has 3 nitrogen and oxygen atoms in total. The zero-order chi connectivity index (χ0) is 11.3. The van der Waals surface area contributed by atoms with E-state index in [4.69, 9.17) is 4.74 Å². The number of nitrogens with one attached hydrogen (secondary N) is 1. The van der Waals surface area contributed by atoms with E-state index in [-0.39, 0.29) is 0 Å². The van der Waals surface area contributed by atoms with E-state index in [1.54, 1.807) is 7.11 Å². The minimum atomic E-state index is 0.490. The Bertz CT molecular complexity index is 308. The van der Waals surface area contributed by atoms with Crippen molar-refractivity contribution in [1.82, 2.24) is 4.98 Å². The number of hydrogen-bond acceptors (Lipinski definition) is 3. The predicted molar refractivity (Wildman–Crippen MR) is 63.5 cm³/mol. The fraction of sp³-hybridized carbons (Fsp3) is 0.583. The van der Waals surface area contributed by atoms with Gasteiger partial charge in [-0.15, -0.1) is 0 Å². The lowest BCUT2D eigenvalue weighted by Crippen LogP contribution is -2.18. The van der Waals surface area contributed by atoms with Crippen LogP contribution in [-0.4, -0.2) is 18.1 Å². The number of pyridine rings is 1. The van der Waals surface area contributed by atoms with E-state index in [0.717, 1.165) is 30.1 Å². The van der Waals surface area contributed by atoms with Crippen LogP contribution in [0.25, 0.3) is 0 Å². The average Bonchev–Trinajstić information content (AvgIpc) is 2.25. The molecule has 1 rings (SSSR count). The maximum absolute atomic E-state index is 5.20. The topological polar surface area (TPSA) is 34.1 Å². The lowest BCUT2D eigenvalue weighted by atomic mass is 10.2. The molecular weight excluding hydrogens is 188 g/mol. The van der Waals surface area contributed by atoms with E-state index in [9.17, 15) is 0 Å². The van der Waals surface area contributed by atoms with Gasteiger partial charge in [0.05, 0.1) is 7.11 Å². The Labute approximate surface area is 91.9 Å². The molecule has 0 saturated heterocycles. The zero-order valence-electron chi connectivity index (χ0n) is 10.0. The number of aryl methyl sites for hydroxylation is 1. The molecule has 0 saturated carbocycles. The van der Waals surface area contributed by atoms with E-state index in [1.165, 1.54) is 0 Å². The molecule has 84 valence electrons. The summed E-state index contributed by atoms with van der Waals surface area (Å²) in [7, 11) is 1.68. The van der Waals surface area contributed by atoms with E-state index in [2.05, 4.69) is 24.1 Å². The highest BCUT2D eigenvalue weighted by molar-refractivity contribution is 5.43. The van der Waals surface area contributed by atoms with E-state index >= 15 is 0 Å². The second-order valence-electron chi connectivity index (χ2n) is 3.69. The van der Waals surface area contributed by atoms with Crippen LogP contribution in [0.3, 0.4) is 0 Å². The number of rotatable bonds is 5. The van der Waals surface area contributed by atoms with Crippen molar-refractivity contribution in [2.45, 2.75) is 39.7 Å². The Kier molecular flexibility index (Phi) is 4.40. The molecule has 15 heavy (non-hydrogen) atoms. The maximum Gasteiger partial charge on any atom is 0.130 e. The van der Waals surface area contributed by atoms with Crippen molar-refractivity contribution in [3.8, 4) is 5.75 Å². The monoisotopic (exact) mass is 208 g/mol. The molecule has 0 spiro atoms. The third-order valence-corrected chi connectivity index (χ3v) is 2.50. The second-order valence-corrected chi connectivity index (χ2v) is 3.69. The summed E-state index contributed by atoms with van der Waals surface area (Å²) >= 11 is 0. The molecule has 0 unspecified atom stereocenters. The first kappa shape index (κ1) is 11.8. The molecule has 3 heteroatoms. The molecule has 0 aliphatic heterocycles. The van der Waals surface area contributed by atoms with Crippen molar-refractivity contribution in [2.24, 2.45) is 0 Å². The van der Waals surface area contributed by atoms with Gasteiger partial charge in [-0.05, 0) is 19.8 Å². The van der Waals surface area contributed by atoms with E-state index < -0.39 is 0 Å². The summed E-state index contributed by atoms with van der Waals surface area (Å²) in [6.45, 7) is 6.32. The molecule has 0 amide bonds. The number of aromatic nitrogens is 1. The number of ether oxygens (including phenoxy) is 1. The molecule has 1 aromatic heterocycles. The molecule has 0 bridgehead atoms. The van der Waals surface area contributed by atoms with Gasteiger partial charge in [-0.25, -0.2) is 4.98 Å². The fourth-order valence-electron chi connectivity index (χ4n) is 1.53. The van der Waals surface area contributed by atoms with Gasteiger partial charge in [0.25, 0.3) is 0 Å². The van der Waals surface area contributed by atoms with Crippen molar-refractivity contribution in [1.29, 1.82) is 0 Å². The minimum absolute atomic E-state index is 0.490. The van der Waals surface area contributed by atoms with Gasteiger partial charge < -0.3 is 10.1 Å². The van der Waals surface area contributed by atoms with Gasteiger partial charge in [-0.1, -0.05) is 13.8 Å². The smallest absolute Gasteiger partial charge is 0.130 e. The molecule has 0 radical (unpaired) electrons. The standard InChI is InChI=1S/C12H20N2O/c1-5-10(6-2)14-12-8-11(15-4)7-9(3)13-12/h7-8,10H,5-6H2,1-4H3,(H,13,14). The van der Waals surface area contributed by atoms with Crippen molar-refractivity contribution < 1.29 is 4.74 Å². The number of methoxy groups -OCH3 is 1. The Hall–Kier alpha value is -1.25. The summed E-state index contributed by atoms with van der Waals surface area (Å²) < 4.78 is 5.20. The van der Waals surface area contributed by atoms with Gasteiger partial charge in [-0.2, -0.15) is 0 Å². The van der Waals surface area contributed by atoms with Gasteiger partial charge >= 0.3 is 0 Å². The second kappa shape index (κ2) is 5.59. The Balaban J connectivity index is 2.79. The number of hydrogen-bond donors (Lipinski definition) is 1. The lowest BCUT2D eigenvalue weighted by molar-refractivity contribution is 0.414. The van der Waals surface area contributed by atoms with Gasteiger partial charge in [0, 0.05) is 23.9 Å². The predicted octanol–water partition coefficient (Wildman–Crippen LogP) is 3.00. The molecule has 0 aromatic carbocycles. The van der Waals surface area contributed by atoms with Crippen LogP contribution in [0.5, 0.6) is 5.75 Å². The zero-order valence-corrected chi connectivity index (χ0v) is 10.0. The maximum atomic E-state index is 5.20. The first-order chi connectivity index (χ1) is 7.19. The molecule has 1 heterocycles. The Morgan fingerprint density at radius 2 is 2.00 bits per heavy atom. The lowest BCUT2D eigenvalue weighted by Gasteiger charge is -2.16. The minimum Gasteiger partial charge on any atom is -0.497 e. The van der Waals surface area contributed by atoms with Crippen molar-refractivity contribution in [2.75, 3.05) is 12.4 Å². The first-order valence-electron chi connectivity index (χ1n) is 5.48. The van der Waals surface area contributed by atoms with Crippen LogP contribution in [0, 0.1) is 6.92 Å². The number of anilines is 1. The third-order valence-electron chi connectivity index (χ3n) is 2.50. The normalized spacial score (nSPS) is 10.5. The van der Waals surface area contributed by atoms with Crippen LogP contribution >= 0.6 is 0 Å². The third kappa shape index (κ3) is 3.42. The molecule has 1 N–H and O–H groups in total. The first-order valence-corrected chi connectivity index (χ1v) is 5.48. The average molecular weight is 208 g/mol. The highest BCUT2D eigenvalue weighted by Crippen LogP contribution is 2.18. The van der Waals surface area contributed by atoms with Crippen LogP contribution in [0.1, 0.15) is 32.4 Å². The summed E-state index contributed by atoms with van der Waals surface area (Å²) in [6, 6.07) is 4.35. The van der Waals surface area contributed by atoms with E-state index in [0.29, 0.717) is 6.04 Å². The van der Waals surface area contributed by atoms with Gasteiger partial charge in [0.15, 0.2) is 0 Å². The highest BCUT2D eigenvalue weighted by Gasteiger charge is 2.05. The van der Waals surface area contributed by atoms with Crippen molar-refractivity contribution in [3.63, 3.8) is 0 Å². The van der Waals surface area contributed by atoms with Crippen LogP contribution in [0.4, 0.5) is 5.82 Å². The summed E-state index contributed by atoms with van der Waals surface area (Å²) in [6.07, 6.45) is 2.21. The summed E-state index contributed by atoms with van der Waals surface area (Å²) in [5.74, 6) is 1.76. The van der Waals surface area contributed by atoms with Crippen LogP contribution in [0.15, 0.2) is 12.1 Å². The Morgan fingerprint density at radius 1 is 1.33 bits per heavy atom. The van der Waals surface area contributed by atoms with Crippen LogP contribution in [0.2, 0.25) is 0 Å². The van der Waals surface area contributed by atoms with Crippen LogP contribution < -0.4 is 10.1 Å². The van der Waals surface area contributed by atoms with Gasteiger partial charge in [0.1, 0.15) is 11.6 Å². The Morgan fingerprint density at radius 3 is 2.53 bits per heavy atom. The van der Waals surface area contributed by atoms with E-state index in [1.807, 2.05) is 19.1 Å². The number of nitrogens with zero attached hydrogens (tertiary/aromatic N) is 1. The van der Waals surface area contributed by atoms with Gasteiger partial charge in [-0.3, -0.25) is 0 Å². The van der Waals surface area contributed by atoms with Gasteiger partial charge in [0.2, 0.25) is 0 Å². The van der Waals surface area contributed by atoms with Crippen molar-refractivity contribution in [3.05, 3.63) is 17.8 Å². The van der Waals surface area contributed by atoms with Crippen LogP contribution in [-0.2, 0) is 0 Å². The summed E-state index contributed by atoms with van der Waals surface area (Å²) in [5.41, 5.74) is 0.975. The quantitative estimate of drug-likeness (QED) is 0.807. The molecule has 0 aliphatic carbocycles. The highest BCUT2D eigenvalue weighted by atomic mass is 16.5. The summed E-state index contributed by atoms with van der Waals surface area (Å²) in [4.78, 5) is 4.43. The molecule has 0 fully saturated rings. The fourth-order valence-corrected chi connectivity index (χ4v) is 1.53. The summed E-state index contributed by atoms with van der Waals surface area (Å²) in [5, 5.41) is 3.40. The molecular formula is C12H20N2O. The van der Waals surface area contributed by atoms with Crippen molar-refractivity contribution >= 4 is 5.82 Å². The molecule has 1 aromatic rings. The molecule has 0 atom stereocenters. The molecule has 0 aliphatic rings.